The number of hydrogen-bond acceptors (Lipinski definition) is 2. The van der Waals surface area contributed by atoms with Crippen LogP contribution in [0.4, 0.5) is 4.39 Å². The molecule has 1 atom stereocenters. The molecule has 0 aliphatic carbocycles. The van der Waals surface area contributed by atoms with E-state index in [1.807, 2.05) is 17.7 Å². The molecule has 2 rings (SSSR count). The van der Waals surface area contributed by atoms with Gasteiger partial charge in [0, 0.05) is 18.9 Å². The molecule has 0 radical (unpaired) electrons. The summed E-state index contributed by atoms with van der Waals surface area (Å²) >= 11 is 0. The summed E-state index contributed by atoms with van der Waals surface area (Å²) < 4.78 is 14.8. The molecule has 16 heavy (non-hydrogen) atoms. The first-order valence-electron chi connectivity index (χ1n) is 5.24. The molecule has 0 fully saturated rings. The van der Waals surface area contributed by atoms with Gasteiger partial charge in [-0.3, -0.25) is 0 Å². The SMILES string of the molecule is CCn1ccnc1C(N)c1ccc(F)cc1. The van der Waals surface area contributed by atoms with Crippen molar-refractivity contribution in [1.29, 1.82) is 0 Å². The lowest BCUT2D eigenvalue weighted by molar-refractivity contribution is 0.623. The van der Waals surface area contributed by atoms with E-state index < -0.39 is 0 Å². The van der Waals surface area contributed by atoms with Crippen molar-refractivity contribution in [2.24, 2.45) is 5.73 Å². The predicted octanol–water partition coefficient (Wildman–Crippen LogP) is 2.09. The third-order valence-electron chi connectivity index (χ3n) is 2.60. The molecule has 1 aromatic heterocycles. The van der Waals surface area contributed by atoms with Gasteiger partial charge in [0.1, 0.15) is 11.6 Å². The van der Waals surface area contributed by atoms with Crippen LogP contribution in [-0.2, 0) is 6.54 Å². The normalized spacial score (nSPS) is 12.7. The molecule has 0 amide bonds. The van der Waals surface area contributed by atoms with Crippen molar-refractivity contribution in [3.05, 3.63) is 53.9 Å². The number of benzene rings is 1. The van der Waals surface area contributed by atoms with Crippen LogP contribution in [0.1, 0.15) is 24.4 Å². The summed E-state index contributed by atoms with van der Waals surface area (Å²) in [4.78, 5) is 4.23. The Morgan fingerprint density at radius 1 is 1.38 bits per heavy atom. The lowest BCUT2D eigenvalue weighted by Crippen LogP contribution is -2.17. The maximum Gasteiger partial charge on any atom is 0.130 e. The maximum atomic E-state index is 12.8. The zero-order valence-corrected chi connectivity index (χ0v) is 9.10. The highest BCUT2D eigenvalue weighted by Crippen LogP contribution is 2.18. The highest BCUT2D eigenvalue weighted by atomic mass is 19.1. The minimum atomic E-state index is -0.310. The maximum absolute atomic E-state index is 12.8. The molecule has 0 saturated carbocycles. The molecule has 84 valence electrons. The monoisotopic (exact) mass is 219 g/mol. The quantitative estimate of drug-likeness (QED) is 0.859. The smallest absolute Gasteiger partial charge is 0.130 e. The number of imidazole rings is 1. The summed E-state index contributed by atoms with van der Waals surface area (Å²) in [6.07, 6.45) is 3.61. The minimum Gasteiger partial charge on any atom is -0.334 e. The molecule has 1 unspecified atom stereocenters. The van der Waals surface area contributed by atoms with Crippen molar-refractivity contribution in [3.63, 3.8) is 0 Å². The van der Waals surface area contributed by atoms with Gasteiger partial charge in [0.25, 0.3) is 0 Å². The van der Waals surface area contributed by atoms with E-state index in [-0.39, 0.29) is 11.9 Å². The van der Waals surface area contributed by atoms with Gasteiger partial charge in [-0.2, -0.15) is 0 Å². The van der Waals surface area contributed by atoms with Crippen LogP contribution in [0.15, 0.2) is 36.7 Å². The predicted molar refractivity (Wildman–Crippen MR) is 60.3 cm³/mol. The second-order valence-electron chi connectivity index (χ2n) is 3.60. The Hall–Kier alpha value is -1.68. The summed E-state index contributed by atoms with van der Waals surface area (Å²) in [5, 5.41) is 0. The van der Waals surface area contributed by atoms with Crippen molar-refractivity contribution < 1.29 is 4.39 Å². The van der Waals surface area contributed by atoms with E-state index in [1.165, 1.54) is 12.1 Å². The molecule has 1 aromatic carbocycles. The van der Waals surface area contributed by atoms with Gasteiger partial charge in [0.15, 0.2) is 0 Å². The molecule has 4 heteroatoms. The first kappa shape index (κ1) is 10.8. The van der Waals surface area contributed by atoms with Gasteiger partial charge >= 0.3 is 0 Å². The van der Waals surface area contributed by atoms with Crippen molar-refractivity contribution in [1.82, 2.24) is 9.55 Å². The number of nitrogens with two attached hydrogens (primary N) is 1. The van der Waals surface area contributed by atoms with E-state index >= 15 is 0 Å². The molecular formula is C12H14FN3. The van der Waals surface area contributed by atoms with Crippen LogP contribution < -0.4 is 5.73 Å². The van der Waals surface area contributed by atoms with Gasteiger partial charge in [0.05, 0.1) is 6.04 Å². The number of nitrogens with zero attached hydrogens (tertiary/aromatic N) is 2. The van der Waals surface area contributed by atoms with Crippen molar-refractivity contribution in [2.75, 3.05) is 0 Å². The first-order valence-corrected chi connectivity index (χ1v) is 5.24. The van der Waals surface area contributed by atoms with Gasteiger partial charge < -0.3 is 10.3 Å². The highest BCUT2D eigenvalue weighted by Gasteiger charge is 2.13. The van der Waals surface area contributed by atoms with Crippen LogP contribution in [0, 0.1) is 5.82 Å². The van der Waals surface area contributed by atoms with E-state index in [1.54, 1.807) is 18.3 Å². The van der Waals surface area contributed by atoms with Crippen LogP contribution in [0.25, 0.3) is 0 Å². The largest absolute Gasteiger partial charge is 0.334 e. The fraction of sp³-hybridized carbons (Fsp3) is 0.250. The van der Waals surface area contributed by atoms with Crippen molar-refractivity contribution in [2.45, 2.75) is 19.5 Å². The average molecular weight is 219 g/mol. The lowest BCUT2D eigenvalue weighted by Gasteiger charge is -2.13. The summed E-state index contributed by atoms with van der Waals surface area (Å²) in [6, 6.07) is 5.89. The Bertz CT molecular complexity index is 461. The molecule has 2 aromatic rings. The van der Waals surface area contributed by atoms with Gasteiger partial charge in [0.2, 0.25) is 0 Å². The standard InChI is InChI=1S/C12H14FN3/c1-2-16-8-7-15-12(16)11(14)9-3-5-10(13)6-4-9/h3-8,11H,2,14H2,1H3. The van der Waals surface area contributed by atoms with Crippen molar-refractivity contribution >= 4 is 0 Å². The molecule has 3 nitrogen and oxygen atoms in total. The second kappa shape index (κ2) is 4.45. The Kier molecular flexibility index (Phi) is 3.01. The number of hydrogen-bond donors (Lipinski definition) is 1. The van der Waals surface area contributed by atoms with Gasteiger partial charge in [-0.15, -0.1) is 0 Å². The number of aromatic nitrogens is 2. The zero-order chi connectivity index (χ0) is 11.5. The van der Waals surface area contributed by atoms with Crippen LogP contribution in [0.3, 0.4) is 0 Å². The Morgan fingerprint density at radius 3 is 2.69 bits per heavy atom. The van der Waals surface area contributed by atoms with Crippen LogP contribution in [0.2, 0.25) is 0 Å². The summed E-state index contributed by atoms with van der Waals surface area (Å²) in [6.45, 7) is 2.85. The summed E-state index contributed by atoms with van der Waals surface area (Å²) in [5.74, 6) is 0.545. The summed E-state index contributed by atoms with van der Waals surface area (Å²) in [5.41, 5.74) is 6.94. The van der Waals surface area contributed by atoms with Gasteiger partial charge in [-0.1, -0.05) is 12.1 Å². The van der Waals surface area contributed by atoms with Crippen LogP contribution in [0.5, 0.6) is 0 Å². The topological polar surface area (TPSA) is 43.8 Å². The molecule has 0 saturated heterocycles. The highest BCUT2D eigenvalue weighted by molar-refractivity contribution is 5.25. The molecular weight excluding hydrogens is 205 g/mol. The molecule has 0 bridgehead atoms. The second-order valence-corrected chi connectivity index (χ2v) is 3.60. The third-order valence-corrected chi connectivity index (χ3v) is 2.60. The van der Waals surface area contributed by atoms with E-state index in [0.717, 1.165) is 17.9 Å². The van der Waals surface area contributed by atoms with E-state index in [9.17, 15) is 4.39 Å². The lowest BCUT2D eigenvalue weighted by atomic mass is 10.1. The fourth-order valence-electron chi connectivity index (χ4n) is 1.69. The molecule has 0 spiro atoms. The number of halogens is 1. The Labute approximate surface area is 93.7 Å². The first-order chi connectivity index (χ1) is 7.72. The Balaban J connectivity index is 2.31. The molecule has 0 aliphatic heterocycles. The van der Waals surface area contributed by atoms with Crippen molar-refractivity contribution in [3.8, 4) is 0 Å². The molecule has 1 heterocycles. The van der Waals surface area contributed by atoms with Gasteiger partial charge in [-0.25, -0.2) is 9.37 Å². The zero-order valence-electron chi connectivity index (χ0n) is 9.10. The van der Waals surface area contributed by atoms with Crippen LogP contribution >= 0.6 is 0 Å². The van der Waals surface area contributed by atoms with Crippen LogP contribution in [-0.4, -0.2) is 9.55 Å². The minimum absolute atomic E-state index is 0.255. The third kappa shape index (κ3) is 1.97. The fourth-order valence-corrected chi connectivity index (χ4v) is 1.69. The summed E-state index contributed by atoms with van der Waals surface area (Å²) in [7, 11) is 0. The van der Waals surface area contributed by atoms with Gasteiger partial charge in [-0.05, 0) is 24.6 Å². The van der Waals surface area contributed by atoms with E-state index in [2.05, 4.69) is 4.98 Å². The van der Waals surface area contributed by atoms with E-state index in [4.69, 9.17) is 5.73 Å². The molecule has 0 aliphatic rings. The number of rotatable bonds is 3. The van der Waals surface area contributed by atoms with E-state index in [0.29, 0.717) is 0 Å². The Morgan fingerprint density at radius 2 is 2.06 bits per heavy atom. The molecule has 2 N–H and O–H groups in total. The average Bonchev–Trinajstić information content (AvgIpc) is 2.77. The number of aryl methyl sites for hydroxylation is 1.